The zero-order chi connectivity index (χ0) is 22.6. The van der Waals surface area contributed by atoms with Crippen LogP contribution >= 0.6 is 22.7 Å². The largest absolute Gasteiger partial charge is 0.301 e. The Bertz CT molecular complexity index is 1090. The molecule has 0 bridgehead atoms. The molecule has 1 aliphatic heterocycles. The fraction of sp³-hybridized carbons (Fsp3) is 0.480. The molecule has 0 aliphatic carbocycles. The molecule has 1 unspecified atom stereocenters. The van der Waals surface area contributed by atoms with Gasteiger partial charge in [-0.05, 0) is 43.5 Å². The van der Waals surface area contributed by atoms with E-state index in [0.29, 0.717) is 5.00 Å². The van der Waals surface area contributed by atoms with Crippen LogP contribution in [-0.4, -0.2) is 47.5 Å². The Hall–Kier alpha value is -2.29. The van der Waals surface area contributed by atoms with Crippen LogP contribution in [-0.2, 0) is 12.0 Å². The lowest BCUT2D eigenvalue weighted by Gasteiger charge is -2.35. The molecule has 0 radical (unpaired) electrons. The van der Waals surface area contributed by atoms with E-state index in [1.807, 2.05) is 18.2 Å². The number of hydrogen-bond acceptors (Lipinski definition) is 6. The molecule has 1 aromatic carbocycles. The molecule has 0 saturated carbocycles. The Labute approximate surface area is 198 Å². The molecule has 0 N–H and O–H groups in total. The summed E-state index contributed by atoms with van der Waals surface area (Å²) in [5.74, 6) is 0.218. The van der Waals surface area contributed by atoms with Gasteiger partial charge in [0.2, 0.25) is 5.00 Å². The smallest absolute Gasteiger partial charge is 0.241 e. The third-order valence-electron chi connectivity index (χ3n) is 6.53. The van der Waals surface area contributed by atoms with Gasteiger partial charge in [0.1, 0.15) is 5.01 Å². The van der Waals surface area contributed by atoms with Crippen molar-refractivity contribution in [2.75, 3.05) is 32.7 Å². The Morgan fingerprint density at radius 3 is 2.53 bits per heavy atom. The van der Waals surface area contributed by atoms with E-state index in [1.54, 1.807) is 11.3 Å². The van der Waals surface area contributed by atoms with Crippen molar-refractivity contribution in [1.29, 1.82) is 5.26 Å². The maximum Gasteiger partial charge on any atom is 0.241 e. The quantitative estimate of drug-likeness (QED) is 0.389. The summed E-state index contributed by atoms with van der Waals surface area (Å²) < 4.78 is 1.27. The second kappa shape index (κ2) is 10.1. The highest BCUT2D eigenvalue weighted by Crippen LogP contribution is 2.42. The minimum atomic E-state index is -0.498. The number of nitriles is 1. The van der Waals surface area contributed by atoms with Crippen molar-refractivity contribution < 1.29 is 0 Å². The van der Waals surface area contributed by atoms with Crippen molar-refractivity contribution in [3.05, 3.63) is 57.7 Å². The van der Waals surface area contributed by atoms with Crippen molar-refractivity contribution in [3.63, 3.8) is 0 Å². The van der Waals surface area contributed by atoms with Gasteiger partial charge in [0.15, 0.2) is 0 Å². The van der Waals surface area contributed by atoms with Crippen LogP contribution in [0.3, 0.4) is 0 Å². The molecule has 1 fully saturated rings. The van der Waals surface area contributed by atoms with Crippen molar-refractivity contribution in [2.24, 2.45) is 5.92 Å². The number of para-hydroxylation sites is 1. The summed E-state index contributed by atoms with van der Waals surface area (Å²) in [7, 11) is 0. The topological polar surface area (TPSA) is 47.5 Å². The maximum absolute atomic E-state index is 10.1. The summed E-state index contributed by atoms with van der Waals surface area (Å²) in [6, 6.07) is 14.8. The SMILES string of the molecule is [C-]#[N+]c1ccc(C(C#N)(CCCN2CCN(Cc3nc4ccccc4s3)CC2)C(C)C)s1. The van der Waals surface area contributed by atoms with Gasteiger partial charge in [-0.1, -0.05) is 32.0 Å². The van der Waals surface area contributed by atoms with Crippen LogP contribution in [0.4, 0.5) is 5.00 Å². The number of thiophene rings is 1. The first-order valence-corrected chi connectivity index (χ1v) is 12.9. The number of rotatable bonds is 8. The molecule has 4 rings (SSSR count). The lowest BCUT2D eigenvalue weighted by atomic mass is 9.73. The van der Waals surface area contributed by atoms with Crippen LogP contribution in [0.2, 0.25) is 0 Å². The summed E-state index contributed by atoms with van der Waals surface area (Å²) in [6.07, 6.45) is 1.83. The molecular weight excluding hydrogens is 434 g/mol. The van der Waals surface area contributed by atoms with Gasteiger partial charge in [0.05, 0.1) is 34.8 Å². The van der Waals surface area contributed by atoms with E-state index >= 15 is 0 Å². The Kier molecular flexibility index (Phi) is 7.23. The predicted octanol–water partition coefficient (Wildman–Crippen LogP) is 5.92. The first kappa shape index (κ1) is 22.9. The van der Waals surface area contributed by atoms with E-state index in [4.69, 9.17) is 11.6 Å². The van der Waals surface area contributed by atoms with E-state index in [9.17, 15) is 5.26 Å². The van der Waals surface area contributed by atoms with E-state index in [-0.39, 0.29) is 5.92 Å². The second-order valence-electron chi connectivity index (χ2n) is 8.78. The van der Waals surface area contributed by atoms with Crippen molar-refractivity contribution in [2.45, 2.75) is 38.6 Å². The molecule has 1 atom stereocenters. The van der Waals surface area contributed by atoms with Crippen molar-refractivity contribution in [3.8, 4) is 6.07 Å². The number of nitrogens with zero attached hydrogens (tertiary/aromatic N) is 5. The van der Waals surface area contributed by atoms with Crippen LogP contribution in [0.1, 0.15) is 36.6 Å². The predicted molar refractivity (Wildman–Crippen MR) is 133 cm³/mol. The fourth-order valence-corrected chi connectivity index (χ4v) is 6.61. The normalized spacial score (nSPS) is 17.3. The average Bonchev–Trinajstić information content (AvgIpc) is 3.44. The van der Waals surface area contributed by atoms with E-state index in [2.05, 4.69) is 52.8 Å². The van der Waals surface area contributed by atoms with Crippen LogP contribution in [0, 0.1) is 23.8 Å². The van der Waals surface area contributed by atoms with Crippen molar-refractivity contribution >= 4 is 37.9 Å². The zero-order valence-electron chi connectivity index (χ0n) is 18.8. The highest BCUT2D eigenvalue weighted by Gasteiger charge is 2.37. The Balaban J connectivity index is 1.28. The molecular formula is C25H29N5S2. The molecule has 32 heavy (non-hydrogen) atoms. The summed E-state index contributed by atoms with van der Waals surface area (Å²) in [5, 5.41) is 12.0. The van der Waals surface area contributed by atoms with Gasteiger partial charge in [0.25, 0.3) is 0 Å². The molecule has 5 nitrogen and oxygen atoms in total. The van der Waals surface area contributed by atoms with Crippen LogP contribution < -0.4 is 0 Å². The van der Waals surface area contributed by atoms with Crippen LogP contribution in [0.25, 0.3) is 15.1 Å². The molecule has 7 heteroatoms. The van der Waals surface area contributed by atoms with Gasteiger partial charge in [-0.25, -0.2) is 9.83 Å². The third kappa shape index (κ3) is 4.87. The number of hydrogen-bond donors (Lipinski definition) is 0. The standard InChI is InChI=1S/C25H29N5S2/c1-19(2)25(18-26,22-9-10-23(27-3)32-22)11-6-12-29-13-15-30(16-14-29)17-24-28-20-7-4-5-8-21(20)31-24/h4-5,7-10,19H,6,11-17H2,1-2H3. The molecule has 166 valence electrons. The minimum absolute atomic E-state index is 0.218. The molecule has 2 aromatic heterocycles. The lowest BCUT2D eigenvalue weighted by Crippen LogP contribution is -2.46. The van der Waals surface area contributed by atoms with Gasteiger partial charge in [-0.2, -0.15) is 16.6 Å². The van der Waals surface area contributed by atoms with Crippen LogP contribution in [0.5, 0.6) is 0 Å². The maximum atomic E-state index is 10.1. The van der Waals surface area contributed by atoms with E-state index in [0.717, 1.165) is 62.5 Å². The van der Waals surface area contributed by atoms with Gasteiger partial charge in [-0.15, -0.1) is 11.3 Å². The average molecular weight is 464 g/mol. The summed E-state index contributed by atoms with van der Waals surface area (Å²) in [4.78, 5) is 14.4. The first-order valence-electron chi connectivity index (χ1n) is 11.2. The number of thiazole rings is 1. The summed E-state index contributed by atoms with van der Waals surface area (Å²) in [6.45, 7) is 17.7. The van der Waals surface area contributed by atoms with E-state index in [1.165, 1.54) is 21.0 Å². The highest BCUT2D eigenvalue weighted by atomic mass is 32.1. The van der Waals surface area contributed by atoms with Gasteiger partial charge in [-0.3, -0.25) is 4.90 Å². The number of fused-ring (bicyclic) bond motifs is 1. The molecule has 1 aliphatic rings. The summed E-state index contributed by atoms with van der Waals surface area (Å²) >= 11 is 3.28. The van der Waals surface area contributed by atoms with Crippen molar-refractivity contribution in [1.82, 2.24) is 14.8 Å². The van der Waals surface area contributed by atoms with Gasteiger partial charge in [0, 0.05) is 31.1 Å². The molecule has 1 saturated heterocycles. The Morgan fingerprint density at radius 2 is 1.88 bits per heavy atom. The highest BCUT2D eigenvalue weighted by molar-refractivity contribution is 7.18. The second-order valence-corrected chi connectivity index (χ2v) is 11.0. The summed E-state index contributed by atoms with van der Waals surface area (Å²) in [5.41, 5.74) is 0.606. The molecule has 3 aromatic rings. The van der Waals surface area contributed by atoms with Gasteiger partial charge >= 0.3 is 0 Å². The fourth-order valence-electron chi connectivity index (χ4n) is 4.50. The number of piperazine rings is 1. The minimum Gasteiger partial charge on any atom is -0.301 e. The molecule has 0 spiro atoms. The third-order valence-corrected chi connectivity index (χ3v) is 8.71. The van der Waals surface area contributed by atoms with Crippen LogP contribution in [0.15, 0.2) is 36.4 Å². The number of benzene rings is 1. The Morgan fingerprint density at radius 1 is 1.12 bits per heavy atom. The zero-order valence-corrected chi connectivity index (χ0v) is 20.4. The van der Waals surface area contributed by atoms with E-state index < -0.39 is 5.41 Å². The monoisotopic (exact) mass is 463 g/mol. The van der Waals surface area contributed by atoms with Gasteiger partial charge < -0.3 is 4.90 Å². The lowest BCUT2D eigenvalue weighted by molar-refractivity contribution is 0.123. The molecule has 3 heterocycles. The first-order chi connectivity index (χ1) is 15.5. The molecule has 0 amide bonds. The number of aromatic nitrogens is 1.